The summed E-state index contributed by atoms with van der Waals surface area (Å²) < 4.78 is 0. The summed E-state index contributed by atoms with van der Waals surface area (Å²) in [6, 6.07) is -0.292. The average Bonchev–Trinajstić information content (AvgIpc) is 1.85. The van der Waals surface area contributed by atoms with Crippen LogP contribution in [0.25, 0.3) is 0 Å². The Hall–Kier alpha value is -0.810. The van der Waals surface area contributed by atoms with Gasteiger partial charge in [0.15, 0.2) is 0 Å². The Labute approximate surface area is 54.1 Å². The average molecular weight is 132 g/mol. The van der Waals surface area contributed by atoms with Crippen molar-refractivity contribution in [2.24, 2.45) is 0 Å². The predicted molar refractivity (Wildman–Crippen MR) is 34.4 cm³/mol. The van der Waals surface area contributed by atoms with Crippen molar-refractivity contribution in [3.8, 4) is 0 Å². The highest BCUT2D eigenvalue weighted by Crippen LogP contribution is 1.53. The quantitative estimate of drug-likeness (QED) is 0.370. The van der Waals surface area contributed by atoms with Gasteiger partial charge in [-0.3, -0.25) is 10.9 Å². The molecule has 0 saturated heterocycles. The van der Waals surface area contributed by atoms with E-state index < -0.39 is 0 Å². The van der Waals surface area contributed by atoms with Crippen molar-refractivity contribution in [3.63, 3.8) is 0 Å². The van der Waals surface area contributed by atoms with Crippen LogP contribution in [0, 0.1) is 0 Å². The van der Waals surface area contributed by atoms with Gasteiger partial charge in [0.1, 0.15) is 0 Å². The molecular formula is C4H12N4O. The molecule has 0 radical (unpaired) electrons. The number of carbonyl (C=O) groups excluding carboxylic acids is 1. The van der Waals surface area contributed by atoms with E-state index in [1.165, 1.54) is 0 Å². The molecule has 0 spiro atoms. The topological polar surface area (TPSA) is 65.2 Å². The van der Waals surface area contributed by atoms with Crippen LogP contribution in [-0.4, -0.2) is 19.6 Å². The highest BCUT2D eigenvalue weighted by atomic mass is 16.2. The zero-order valence-corrected chi connectivity index (χ0v) is 5.62. The zero-order valence-electron chi connectivity index (χ0n) is 5.62. The van der Waals surface area contributed by atoms with Crippen LogP contribution >= 0.6 is 0 Å². The van der Waals surface area contributed by atoms with Crippen molar-refractivity contribution in [2.75, 3.05) is 13.6 Å². The lowest BCUT2D eigenvalue weighted by atomic mass is 10.8. The van der Waals surface area contributed by atoms with Gasteiger partial charge in [0, 0.05) is 13.6 Å². The molecule has 2 amide bonds. The second-order valence-electron chi connectivity index (χ2n) is 1.36. The number of hydrazine groups is 2. The third-order valence-corrected chi connectivity index (χ3v) is 0.617. The van der Waals surface area contributed by atoms with Crippen molar-refractivity contribution in [1.29, 1.82) is 0 Å². The van der Waals surface area contributed by atoms with Gasteiger partial charge in [0.25, 0.3) is 0 Å². The van der Waals surface area contributed by atoms with E-state index in [-0.39, 0.29) is 6.03 Å². The van der Waals surface area contributed by atoms with Gasteiger partial charge in [-0.25, -0.2) is 15.6 Å². The molecule has 4 N–H and O–H groups in total. The fourth-order valence-corrected chi connectivity index (χ4v) is 0.313. The summed E-state index contributed by atoms with van der Waals surface area (Å²) in [7, 11) is 1.62. The molecule has 0 aliphatic carbocycles. The summed E-state index contributed by atoms with van der Waals surface area (Å²) in [5, 5.41) is 0. The lowest BCUT2D eigenvalue weighted by Crippen LogP contribution is -2.48. The Morgan fingerprint density at radius 1 is 1.44 bits per heavy atom. The second kappa shape index (κ2) is 5.33. The molecule has 5 nitrogen and oxygen atoms in total. The molecule has 0 unspecified atom stereocenters. The summed E-state index contributed by atoms with van der Waals surface area (Å²) >= 11 is 0. The van der Waals surface area contributed by atoms with Crippen LogP contribution in [0.5, 0.6) is 0 Å². The number of hydrogen-bond donors (Lipinski definition) is 4. The van der Waals surface area contributed by atoms with Gasteiger partial charge in [-0.05, 0) is 0 Å². The Kier molecular flexibility index (Phi) is 4.85. The summed E-state index contributed by atoms with van der Waals surface area (Å²) in [5.41, 5.74) is 9.79. The van der Waals surface area contributed by atoms with Gasteiger partial charge in [-0.1, -0.05) is 6.92 Å². The second-order valence-corrected chi connectivity index (χ2v) is 1.36. The maximum atomic E-state index is 10.5. The number of urea groups is 1. The molecule has 0 aliphatic heterocycles. The molecule has 0 aromatic rings. The number of rotatable bonds is 3. The van der Waals surface area contributed by atoms with Gasteiger partial charge in [-0.15, -0.1) is 0 Å². The minimum atomic E-state index is -0.292. The van der Waals surface area contributed by atoms with Crippen molar-refractivity contribution in [2.45, 2.75) is 6.92 Å². The van der Waals surface area contributed by atoms with E-state index in [1.54, 1.807) is 7.05 Å². The predicted octanol–water partition coefficient (Wildman–Crippen LogP) is -1.06. The molecule has 0 aromatic carbocycles. The van der Waals surface area contributed by atoms with E-state index in [9.17, 15) is 4.79 Å². The van der Waals surface area contributed by atoms with E-state index in [0.29, 0.717) is 6.54 Å². The molecule has 0 saturated carbocycles. The van der Waals surface area contributed by atoms with E-state index in [2.05, 4.69) is 21.7 Å². The lowest BCUT2D eigenvalue weighted by Gasteiger charge is -2.04. The standard InChI is InChI=1S/C4H12N4O/c1-3-6-8-4(9)7-5-2/h5-6H,3H2,1-2H3,(H2,7,8,9). The van der Waals surface area contributed by atoms with E-state index >= 15 is 0 Å². The molecule has 54 valence electrons. The highest BCUT2D eigenvalue weighted by Gasteiger charge is 1.91. The lowest BCUT2D eigenvalue weighted by molar-refractivity contribution is 0.233. The summed E-state index contributed by atoms with van der Waals surface area (Å²) in [6.45, 7) is 2.59. The molecule has 0 aliphatic rings. The van der Waals surface area contributed by atoms with Crippen LogP contribution in [-0.2, 0) is 0 Å². The Bertz CT molecular complexity index is 84.6. The van der Waals surface area contributed by atoms with E-state index in [0.717, 1.165) is 0 Å². The smallest absolute Gasteiger partial charge is 0.272 e. The SMILES string of the molecule is CCNNC(=O)NNC. The Morgan fingerprint density at radius 3 is 2.56 bits per heavy atom. The van der Waals surface area contributed by atoms with Gasteiger partial charge in [0.05, 0.1) is 0 Å². The van der Waals surface area contributed by atoms with Crippen molar-refractivity contribution in [1.82, 2.24) is 21.7 Å². The molecule has 0 atom stereocenters. The largest absolute Gasteiger partial charge is 0.343 e. The first-order valence-electron chi connectivity index (χ1n) is 2.76. The summed E-state index contributed by atoms with van der Waals surface area (Å²) in [6.07, 6.45) is 0. The third kappa shape index (κ3) is 5.05. The summed E-state index contributed by atoms with van der Waals surface area (Å²) in [5.74, 6) is 0. The molecule has 0 aromatic heterocycles. The summed E-state index contributed by atoms with van der Waals surface area (Å²) in [4.78, 5) is 10.5. The van der Waals surface area contributed by atoms with Crippen LogP contribution in [0.4, 0.5) is 4.79 Å². The first-order chi connectivity index (χ1) is 4.31. The van der Waals surface area contributed by atoms with Crippen LogP contribution in [0.15, 0.2) is 0 Å². The molecule has 0 bridgehead atoms. The number of carbonyl (C=O) groups is 1. The molecule has 0 heterocycles. The minimum Gasteiger partial charge on any atom is -0.272 e. The number of amides is 2. The van der Waals surface area contributed by atoms with Crippen LogP contribution in [0.1, 0.15) is 6.92 Å². The van der Waals surface area contributed by atoms with Crippen molar-refractivity contribution in [3.05, 3.63) is 0 Å². The molecule has 0 fully saturated rings. The normalized spacial score (nSPS) is 8.67. The molecule has 0 rings (SSSR count). The maximum absolute atomic E-state index is 10.5. The van der Waals surface area contributed by atoms with Gasteiger partial charge in [-0.2, -0.15) is 0 Å². The highest BCUT2D eigenvalue weighted by molar-refractivity contribution is 5.72. The third-order valence-electron chi connectivity index (χ3n) is 0.617. The van der Waals surface area contributed by atoms with Crippen LogP contribution in [0.2, 0.25) is 0 Å². The number of hydrogen-bond acceptors (Lipinski definition) is 3. The van der Waals surface area contributed by atoms with Gasteiger partial charge < -0.3 is 0 Å². The monoisotopic (exact) mass is 132 g/mol. The maximum Gasteiger partial charge on any atom is 0.343 e. The van der Waals surface area contributed by atoms with Gasteiger partial charge in [0.2, 0.25) is 0 Å². The van der Waals surface area contributed by atoms with E-state index in [1.807, 2.05) is 6.92 Å². The van der Waals surface area contributed by atoms with Gasteiger partial charge >= 0.3 is 6.03 Å². The molecule has 5 heteroatoms. The molecular weight excluding hydrogens is 120 g/mol. The molecule has 9 heavy (non-hydrogen) atoms. The Balaban J connectivity index is 3.06. The first-order valence-corrected chi connectivity index (χ1v) is 2.76. The fraction of sp³-hybridized carbons (Fsp3) is 0.750. The van der Waals surface area contributed by atoms with Crippen LogP contribution in [0.3, 0.4) is 0 Å². The Morgan fingerprint density at radius 2 is 2.11 bits per heavy atom. The zero-order chi connectivity index (χ0) is 7.11. The number of nitrogens with one attached hydrogen (secondary N) is 4. The fourth-order valence-electron chi connectivity index (χ4n) is 0.313. The van der Waals surface area contributed by atoms with Crippen LogP contribution < -0.4 is 21.7 Å². The minimum absolute atomic E-state index is 0.292. The first kappa shape index (κ1) is 8.19. The van der Waals surface area contributed by atoms with Crippen molar-refractivity contribution >= 4 is 6.03 Å². The van der Waals surface area contributed by atoms with E-state index in [4.69, 9.17) is 0 Å². The van der Waals surface area contributed by atoms with Crippen molar-refractivity contribution < 1.29 is 4.79 Å².